The van der Waals surface area contributed by atoms with Gasteiger partial charge in [-0.05, 0) is 49.7 Å². The van der Waals surface area contributed by atoms with Crippen molar-refractivity contribution in [1.82, 2.24) is 0 Å². The molecule has 0 aliphatic carbocycles. The van der Waals surface area contributed by atoms with Crippen LogP contribution in [0.1, 0.15) is 12.5 Å². The molecule has 1 amide bonds. The van der Waals surface area contributed by atoms with Crippen molar-refractivity contribution in [3.8, 4) is 5.75 Å². The lowest BCUT2D eigenvalue weighted by molar-refractivity contribution is -0.151. The molecule has 0 spiro atoms. The highest BCUT2D eigenvalue weighted by Gasteiger charge is 2.25. The van der Waals surface area contributed by atoms with Gasteiger partial charge in [0.1, 0.15) is 12.3 Å². The summed E-state index contributed by atoms with van der Waals surface area (Å²) in [6.07, 6.45) is -0.102. The third kappa shape index (κ3) is 6.21. The number of sulfonamides is 1. The lowest BCUT2D eigenvalue weighted by Crippen LogP contribution is -2.39. The Hall–Kier alpha value is -3.07. The van der Waals surface area contributed by atoms with E-state index in [0.717, 1.165) is 10.6 Å². The van der Waals surface area contributed by atoms with Gasteiger partial charge < -0.3 is 14.8 Å². The Morgan fingerprint density at radius 1 is 1.10 bits per heavy atom. The van der Waals surface area contributed by atoms with Crippen LogP contribution in [0.4, 0.5) is 11.4 Å². The van der Waals surface area contributed by atoms with E-state index >= 15 is 0 Å². The number of carbonyl (C=O) groups excluding carboxylic acids is 2. The van der Waals surface area contributed by atoms with Crippen LogP contribution in [0.3, 0.4) is 0 Å². The maximum atomic E-state index is 12.3. The number of aryl methyl sites for hydroxylation is 1. The van der Waals surface area contributed by atoms with Crippen LogP contribution in [0, 0.1) is 6.92 Å². The fraction of sp³-hybridized carbons (Fsp3) is 0.300. The molecule has 2 rings (SSSR count). The zero-order valence-corrected chi connectivity index (χ0v) is 17.5. The summed E-state index contributed by atoms with van der Waals surface area (Å²) in [5.74, 6) is -0.735. The fourth-order valence-corrected chi connectivity index (χ4v) is 3.45. The van der Waals surface area contributed by atoms with Gasteiger partial charge in [-0.25, -0.2) is 8.42 Å². The van der Waals surface area contributed by atoms with Gasteiger partial charge in [0.25, 0.3) is 5.91 Å². The van der Waals surface area contributed by atoms with Crippen molar-refractivity contribution in [3.63, 3.8) is 0 Å². The second-order valence-corrected chi connectivity index (χ2v) is 8.31. The molecule has 156 valence electrons. The van der Waals surface area contributed by atoms with E-state index in [-0.39, 0.29) is 0 Å². The number of para-hydroxylation sites is 1. The number of ether oxygens (including phenoxy) is 2. The Morgan fingerprint density at radius 2 is 1.72 bits per heavy atom. The molecule has 0 saturated heterocycles. The summed E-state index contributed by atoms with van der Waals surface area (Å²) < 4.78 is 35.5. The first kappa shape index (κ1) is 22.2. The van der Waals surface area contributed by atoms with Crippen LogP contribution in [0.2, 0.25) is 0 Å². The minimum Gasteiger partial charge on any atom is -0.497 e. The van der Waals surface area contributed by atoms with Crippen LogP contribution in [0.25, 0.3) is 0 Å². The number of carbonyl (C=O) groups is 2. The first-order chi connectivity index (χ1) is 13.6. The first-order valence-corrected chi connectivity index (χ1v) is 10.6. The smallest absolute Gasteiger partial charge is 0.327 e. The number of benzene rings is 2. The third-order valence-corrected chi connectivity index (χ3v) is 5.22. The zero-order chi connectivity index (χ0) is 21.6. The molecular formula is C20H24N2O6S. The topological polar surface area (TPSA) is 102 Å². The van der Waals surface area contributed by atoms with Gasteiger partial charge in [-0.3, -0.25) is 13.9 Å². The average Bonchev–Trinajstić information content (AvgIpc) is 2.66. The van der Waals surface area contributed by atoms with E-state index in [1.54, 1.807) is 55.5 Å². The molecule has 8 nitrogen and oxygen atoms in total. The number of hydrogen-bond donors (Lipinski definition) is 1. The minimum absolute atomic E-state index is 0.377. The van der Waals surface area contributed by atoms with Crippen LogP contribution in [0.5, 0.6) is 5.75 Å². The number of nitrogens with zero attached hydrogens (tertiary/aromatic N) is 1. The van der Waals surface area contributed by atoms with E-state index in [2.05, 4.69) is 5.32 Å². The van der Waals surface area contributed by atoms with Gasteiger partial charge in [0.15, 0.2) is 6.10 Å². The second-order valence-electron chi connectivity index (χ2n) is 6.41. The van der Waals surface area contributed by atoms with E-state index in [1.165, 1.54) is 14.0 Å². The fourth-order valence-electron chi connectivity index (χ4n) is 2.55. The summed E-state index contributed by atoms with van der Waals surface area (Å²) in [7, 11) is -2.19. The normalized spacial score (nSPS) is 12.0. The van der Waals surface area contributed by atoms with Crippen molar-refractivity contribution < 1.29 is 27.5 Å². The summed E-state index contributed by atoms with van der Waals surface area (Å²) in [5, 5.41) is 2.62. The third-order valence-electron chi connectivity index (χ3n) is 4.09. The molecule has 2 aromatic carbocycles. The Morgan fingerprint density at radius 3 is 2.28 bits per heavy atom. The van der Waals surface area contributed by atoms with Crippen molar-refractivity contribution in [2.75, 3.05) is 29.5 Å². The summed E-state index contributed by atoms with van der Waals surface area (Å²) in [4.78, 5) is 24.6. The van der Waals surface area contributed by atoms with Crippen molar-refractivity contribution >= 4 is 33.3 Å². The van der Waals surface area contributed by atoms with Gasteiger partial charge in [-0.1, -0.05) is 18.2 Å². The SMILES string of the molecule is COc1ccc(NC(=O)[C@H](C)OC(=O)CN(c2ccccc2C)S(C)(=O)=O)cc1. The number of amides is 1. The summed E-state index contributed by atoms with van der Waals surface area (Å²) >= 11 is 0. The highest BCUT2D eigenvalue weighted by Crippen LogP contribution is 2.22. The molecule has 0 aliphatic heterocycles. The van der Waals surface area contributed by atoms with Gasteiger partial charge in [0.2, 0.25) is 10.0 Å². The molecule has 2 aromatic rings. The number of nitrogens with one attached hydrogen (secondary N) is 1. The molecule has 0 radical (unpaired) electrons. The Bertz CT molecular complexity index is 973. The predicted molar refractivity (Wildman–Crippen MR) is 111 cm³/mol. The maximum Gasteiger partial charge on any atom is 0.327 e. The predicted octanol–water partition coefficient (Wildman–Crippen LogP) is 2.34. The lowest BCUT2D eigenvalue weighted by atomic mass is 10.2. The van der Waals surface area contributed by atoms with E-state index < -0.39 is 34.5 Å². The van der Waals surface area contributed by atoms with Gasteiger partial charge in [-0.2, -0.15) is 0 Å². The van der Waals surface area contributed by atoms with Crippen molar-refractivity contribution in [1.29, 1.82) is 0 Å². The molecule has 0 unspecified atom stereocenters. The van der Waals surface area contributed by atoms with Crippen LogP contribution in [-0.2, 0) is 24.3 Å². The standard InChI is InChI=1S/C20H24N2O6S/c1-14-7-5-6-8-18(14)22(29(4,25)26)13-19(23)28-15(2)20(24)21-16-9-11-17(27-3)12-10-16/h5-12,15H,13H2,1-4H3,(H,21,24)/t15-/m0/s1. The molecule has 0 bridgehead atoms. The largest absolute Gasteiger partial charge is 0.497 e. The average molecular weight is 420 g/mol. The molecule has 1 N–H and O–H groups in total. The van der Waals surface area contributed by atoms with Crippen LogP contribution in [0.15, 0.2) is 48.5 Å². The molecule has 9 heteroatoms. The van der Waals surface area contributed by atoms with E-state index in [9.17, 15) is 18.0 Å². The van der Waals surface area contributed by atoms with Crippen LogP contribution in [-0.4, -0.2) is 46.3 Å². The molecule has 0 aromatic heterocycles. The quantitative estimate of drug-likeness (QED) is 0.658. The van der Waals surface area contributed by atoms with Crippen molar-refractivity contribution in [2.45, 2.75) is 20.0 Å². The van der Waals surface area contributed by atoms with Gasteiger partial charge in [-0.15, -0.1) is 0 Å². The van der Waals surface area contributed by atoms with Crippen LogP contribution < -0.4 is 14.4 Å². The zero-order valence-electron chi connectivity index (χ0n) is 16.7. The number of esters is 1. The van der Waals surface area contributed by atoms with Gasteiger partial charge in [0, 0.05) is 5.69 Å². The highest BCUT2D eigenvalue weighted by molar-refractivity contribution is 7.92. The Labute approximate surface area is 170 Å². The lowest BCUT2D eigenvalue weighted by Gasteiger charge is -2.24. The molecule has 0 heterocycles. The van der Waals surface area contributed by atoms with Crippen molar-refractivity contribution in [3.05, 3.63) is 54.1 Å². The molecule has 0 aliphatic rings. The van der Waals surface area contributed by atoms with E-state index in [4.69, 9.17) is 9.47 Å². The first-order valence-electron chi connectivity index (χ1n) is 8.79. The molecular weight excluding hydrogens is 396 g/mol. The monoisotopic (exact) mass is 420 g/mol. The summed E-state index contributed by atoms with van der Waals surface area (Å²) in [6, 6.07) is 13.4. The minimum atomic E-state index is -3.73. The van der Waals surface area contributed by atoms with Crippen LogP contribution >= 0.6 is 0 Å². The molecule has 0 fully saturated rings. The van der Waals surface area contributed by atoms with E-state index in [0.29, 0.717) is 22.7 Å². The number of methoxy groups -OCH3 is 1. The summed E-state index contributed by atoms with van der Waals surface area (Å²) in [6.45, 7) is 2.61. The number of rotatable bonds is 8. The van der Waals surface area contributed by atoms with Gasteiger partial charge >= 0.3 is 5.97 Å². The summed E-state index contributed by atoms with van der Waals surface area (Å²) in [5.41, 5.74) is 1.58. The maximum absolute atomic E-state index is 12.3. The van der Waals surface area contributed by atoms with Crippen molar-refractivity contribution in [2.24, 2.45) is 0 Å². The van der Waals surface area contributed by atoms with Gasteiger partial charge in [0.05, 0.1) is 19.1 Å². The Balaban J connectivity index is 2.03. The molecule has 29 heavy (non-hydrogen) atoms. The molecule has 1 atom stereocenters. The second kappa shape index (κ2) is 9.42. The number of hydrogen-bond acceptors (Lipinski definition) is 6. The van der Waals surface area contributed by atoms with E-state index in [1.807, 2.05) is 0 Å². The molecule has 0 saturated carbocycles. The number of anilines is 2. The highest BCUT2D eigenvalue weighted by atomic mass is 32.2. The Kier molecular flexibility index (Phi) is 7.22.